The Kier molecular flexibility index (Phi) is 2.78. The normalized spacial score (nSPS) is 18.9. The maximum Gasteiger partial charge on any atom is 0.438 e. The molecule has 1 aliphatic rings. The van der Waals surface area contributed by atoms with Gasteiger partial charge in [0.1, 0.15) is 5.60 Å². The Labute approximate surface area is 101 Å². The number of hydrogen-bond donors (Lipinski definition) is 1. The predicted molar refractivity (Wildman–Crippen MR) is 55.1 cm³/mol. The highest BCUT2D eigenvalue weighted by Gasteiger charge is 2.43. The first-order valence-electron chi connectivity index (χ1n) is 4.92. The van der Waals surface area contributed by atoms with Crippen molar-refractivity contribution in [1.82, 2.24) is 15.1 Å². The molecule has 4 nitrogen and oxygen atoms in total. The summed E-state index contributed by atoms with van der Waals surface area (Å²) in [7, 11) is 1.34. The molecule has 0 aliphatic carbocycles. The fraction of sp³-hybridized carbons (Fsp3) is 0.667. The van der Waals surface area contributed by atoms with E-state index in [0.29, 0.717) is 13.1 Å². The summed E-state index contributed by atoms with van der Waals surface area (Å²) >= 11 is 5.76. The van der Waals surface area contributed by atoms with Crippen LogP contribution in [0.5, 0.6) is 5.75 Å². The highest BCUT2D eigenvalue weighted by Crippen LogP contribution is 2.41. The maximum atomic E-state index is 12.7. The number of hydrogen-bond acceptors (Lipinski definition) is 3. The van der Waals surface area contributed by atoms with Crippen molar-refractivity contribution in [3.8, 4) is 5.75 Å². The summed E-state index contributed by atoms with van der Waals surface area (Å²) in [5, 5.41) is 6.12. The molecule has 0 aromatic carbocycles. The number of nitrogens with zero attached hydrogens (tertiary/aromatic N) is 2. The molecule has 17 heavy (non-hydrogen) atoms. The lowest BCUT2D eigenvalue weighted by Crippen LogP contribution is -2.61. The lowest BCUT2D eigenvalue weighted by molar-refractivity contribution is -0.144. The number of alkyl halides is 3. The van der Waals surface area contributed by atoms with Gasteiger partial charge in [0.2, 0.25) is 5.69 Å². The smallest absolute Gasteiger partial charge is 0.438 e. The molecule has 8 heteroatoms. The van der Waals surface area contributed by atoms with Crippen molar-refractivity contribution in [3.63, 3.8) is 0 Å². The van der Waals surface area contributed by atoms with Gasteiger partial charge in [-0.15, -0.1) is 0 Å². The molecule has 0 bridgehead atoms. The number of aryl methyl sites for hydroxylation is 1. The summed E-state index contributed by atoms with van der Waals surface area (Å²) in [4.78, 5) is 0. The van der Waals surface area contributed by atoms with Gasteiger partial charge in [-0.05, 0) is 6.92 Å². The van der Waals surface area contributed by atoms with E-state index in [0.717, 1.165) is 4.68 Å². The van der Waals surface area contributed by atoms with Gasteiger partial charge in [-0.3, -0.25) is 4.68 Å². The Morgan fingerprint density at radius 1 is 1.47 bits per heavy atom. The van der Waals surface area contributed by atoms with E-state index in [4.69, 9.17) is 16.3 Å². The topological polar surface area (TPSA) is 39.1 Å². The van der Waals surface area contributed by atoms with Gasteiger partial charge in [0.15, 0.2) is 10.9 Å². The number of ether oxygens (including phenoxy) is 1. The standard InChI is InChI=1S/C9H11ClF3N3O/c1-8(3-14-4-8)17-5-6(9(11,12)13)15-16(2)7(5)10/h14H,3-4H2,1-2H3. The second kappa shape index (κ2) is 3.78. The maximum absolute atomic E-state index is 12.7. The van der Waals surface area contributed by atoms with Crippen molar-refractivity contribution in [2.24, 2.45) is 7.05 Å². The van der Waals surface area contributed by atoms with Gasteiger partial charge in [0.05, 0.1) is 0 Å². The summed E-state index contributed by atoms with van der Waals surface area (Å²) in [6.45, 7) is 2.68. The van der Waals surface area contributed by atoms with Gasteiger partial charge < -0.3 is 10.1 Å². The molecule has 1 aromatic rings. The van der Waals surface area contributed by atoms with Crippen LogP contribution in [0.4, 0.5) is 13.2 Å². The molecule has 2 heterocycles. The van der Waals surface area contributed by atoms with Crippen LogP contribution in [0.3, 0.4) is 0 Å². The second-order valence-electron chi connectivity index (χ2n) is 4.25. The van der Waals surface area contributed by atoms with Gasteiger partial charge in [0.25, 0.3) is 0 Å². The van der Waals surface area contributed by atoms with Crippen LogP contribution in [0, 0.1) is 0 Å². The molecule has 0 amide bonds. The molecule has 1 saturated heterocycles. The SMILES string of the molecule is Cn1nc(C(F)(F)F)c(OC2(C)CNC2)c1Cl. The van der Waals surface area contributed by atoms with E-state index in [1.807, 2.05) is 0 Å². The summed E-state index contributed by atoms with van der Waals surface area (Å²) in [6, 6.07) is 0. The zero-order chi connectivity index (χ0) is 12.8. The van der Waals surface area contributed by atoms with Crippen LogP contribution in [0.2, 0.25) is 5.15 Å². The van der Waals surface area contributed by atoms with Crippen molar-refractivity contribution in [2.45, 2.75) is 18.7 Å². The number of aromatic nitrogens is 2. The van der Waals surface area contributed by atoms with Gasteiger partial charge in [-0.1, -0.05) is 11.6 Å². The predicted octanol–water partition coefficient (Wildman–Crippen LogP) is 1.83. The first kappa shape index (κ1) is 12.5. The fourth-order valence-electron chi connectivity index (χ4n) is 1.56. The number of rotatable bonds is 2. The molecule has 0 unspecified atom stereocenters. The lowest BCUT2D eigenvalue weighted by atomic mass is 10.00. The van der Waals surface area contributed by atoms with Crippen LogP contribution in [0.15, 0.2) is 0 Å². The van der Waals surface area contributed by atoms with Gasteiger partial charge in [-0.25, -0.2) is 0 Å². The third-order valence-electron chi connectivity index (χ3n) is 2.55. The largest absolute Gasteiger partial charge is 0.479 e. The Morgan fingerprint density at radius 3 is 2.47 bits per heavy atom. The zero-order valence-corrected chi connectivity index (χ0v) is 9.98. The molecular weight excluding hydrogens is 259 g/mol. The minimum atomic E-state index is -4.58. The molecule has 0 atom stereocenters. The molecule has 0 radical (unpaired) electrons. The molecule has 1 fully saturated rings. The van der Waals surface area contributed by atoms with Crippen molar-refractivity contribution >= 4 is 11.6 Å². The van der Waals surface area contributed by atoms with Crippen LogP contribution in [0.1, 0.15) is 12.6 Å². The minimum absolute atomic E-state index is 0.148. The van der Waals surface area contributed by atoms with Crippen molar-refractivity contribution < 1.29 is 17.9 Å². The van der Waals surface area contributed by atoms with Crippen molar-refractivity contribution in [3.05, 3.63) is 10.8 Å². The second-order valence-corrected chi connectivity index (χ2v) is 4.60. The van der Waals surface area contributed by atoms with E-state index < -0.39 is 23.2 Å². The highest BCUT2D eigenvalue weighted by molar-refractivity contribution is 6.31. The monoisotopic (exact) mass is 269 g/mol. The molecule has 96 valence electrons. The Bertz CT molecular complexity index is 439. The Hall–Kier alpha value is -0.950. The third kappa shape index (κ3) is 2.21. The average molecular weight is 270 g/mol. The quantitative estimate of drug-likeness (QED) is 0.890. The molecule has 1 N–H and O–H groups in total. The van der Waals surface area contributed by atoms with Crippen LogP contribution in [-0.4, -0.2) is 28.5 Å². The van der Waals surface area contributed by atoms with Gasteiger partial charge in [-0.2, -0.15) is 18.3 Å². The fourth-order valence-corrected chi connectivity index (χ4v) is 1.72. The molecular formula is C9H11ClF3N3O. The summed E-state index contributed by atoms with van der Waals surface area (Å²) in [5.41, 5.74) is -1.75. The minimum Gasteiger partial charge on any atom is -0.479 e. The first-order chi connectivity index (χ1) is 7.73. The third-order valence-corrected chi connectivity index (χ3v) is 2.97. The zero-order valence-electron chi connectivity index (χ0n) is 9.23. The van der Waals surface area contributed by atoms with Crippen LogP contribution in [-0.2, 0) is 13.2 Å². The van der Waals surface area contributed by atoms with Crippen LogP contribution in [0.25, 0.3) is 0 Å². The molecule has 0 spiro atoms. The average Bonchev–Trinajstić information content (AvgIpc) is 2.43. The van der Waals surface area contributed by atoms with E-state index >= 15 is 0 Å². The van der Waals surface area contributed by atoms with Crippen LogP contribution < -0.4 is 10.1 Å². The summed E-state index contributed by atoms with van der Waals surface area (Å²) in [6.07, 6.45) is -4.58. The Balaban J connectivity index is 2.37. The molecule has 2 rings (SSSR count). The highest BCUT2D eigenvalue weighted by atomic mass is 35.5. The molecule has 1 aromatic heterocycles. The molecule has 1 aliphatic heterocycles. The lowest BCUT2D eigenvalue weighted by Gasteiger charge is -2.39. The number of halogens is 4. The van der Waals surface area contributed by atoms with Gasteiger partial charge >= 0.3 is 6.18 Å². The van der Waals surface area contributed by atoms with Gasteiger partial charge in [0, 0.05) is 20.1 Å². The Morgan fingerprint density at radius 2 is 2.06 bits per heavy atom. The number of nitrogens with one attached hydrogen (secondary N) is 1. The van der Waals surface area contributed by atoms with E-state index in [1.54, 1.807) is 6.92 Å². The van der Waals surface area contributed by atoms with Crippen molar-refractivity contribution in [1.29, 1.82) is 0 Å². The van der Waals surface area contributed by atoms with Crippen LogP contribution >= 0.6 is 11.6 Å². The molecule has 0 saturated carbocycles. The van der Waals surface area contributed by atoms with E-state index in [1.165, 1.54) is 7.05 Å². The summed E-state index contributed by atoms with van der Waals surface area (Å²) in [5.74, 6) is -0.398. The van der Waals surface area contributed by atoms with Crippen molar-refractivity contribution in [2.75, 3.05) is 13.1 Å². The van der Waals surface area contributed by atoms with E-state index in [-0.39, 0.29) is 5.15 Å². The van der Waals surface area contributed by atoms with E-state index in [9.17, 15) is 13.2 Å². The van der Waals surface area contributed by atoms with E-state index in [2.05, 4.69) is 10.4 Å². The summed E-state index contributed by atoms with van der Waals surface area (Å²) < 4.78 is 44.4. The first-order valence-corrected chi connectivity index (χ1v) is 5.30.